The molecule has 27 heteroatoms. The number of nitrogens with two attached hydrogens (primary N) is 1. The molecule has 2 bridgehead atoms. The van der Waals surface area contributed by atoms with Gasteiger partial charge in [0.05, 0.1) is 68.6 Å². The molecule has 0 spiro atoms. The van der Waals surface area contributed by atoms with Crippen molar-refractivity contribution in [3.05, 3.63) is 100 Å². The number of aliphatic imine (C=N–C) groups is 1. The van der Waals surface area contributed by atoms with Crippen LogP contribution in [-0.4, -0.2) is 169 Å². The number of amides is 4. The van der Waals surface area contributed by atoms with E-state index >= 15 is 8.78 Å². The number of carbonyl (C=O) groups excluding carboxylic acids is 4. The number of aliphatic hydroxyl groups excluding tert-OH is 1. The smallest absolute Gasteiger partial charge is 0.407 e. The van der Waals surface area contributed by atoms with E-state index in [2.05, 4.69) is 51.8 Å². The number of alkyl halides is 6. The minimum absolute atomic E-state index is 0.0597. The van der Waals surface area contributed by atoms with Crippen molar-refractivity contribution in [3.63, 3.8) is 0 Å². The van der Waals surface area contributed by atoms with Crippen molar-refractivity contribution in [2.45, 2.75) is 128 Å². The fraction of sp³-hybridized carbons (Fsp3) is 0.536. The molecule has 3 aromatic rings. The lowest BCUT2D eigenvalue weighted by Crippen LogP contribution is -2.63. The molecule has 3 unspecified atom stereocenters. The van der Waals surface area contributed by atoms with E-state index in [-0.39, 0.29) is 17.8 Å². The fourth-order valence-electron chi connectivity index (χ4n) is 9.60. The molecule has 3 aliphatic rings. The summed E-state index contributed by atoms with van der Waals surface area (Å²) in [7, 11) is 1.64. The van der Waals surface area contributed by atoms with Gasteiger partial charge in [0, 0.05) is 78.6 Å². The van der Waals surface area contributed by atoms with Crippen molar-refractivity contribution in [1.82, 2.24) is 36.3 Å². The van der Waals surface area contributed by atoms with Crippen LogP contribution in [0.1, 0.15) is 82.2 Å². The van der Waals surface area contributed by atoms with Crippen molar-refractivity contribution in [3.8, 4) is 11.8 Å². The Morgan fingerprint density at radius 2 is 1.35 bits per heavy atom. The van der Waals surface area contributed by atoms with E-state index in [1.807, 2.05) is 22.8 Å². The third-order valence-electron chi connectivity index (χ3n) is 14.9. The fourth-order valence-corrected chi connectivity index (χ4v) is 9.60. The summed E-state index contributed by atoms with van der Waals surface area (Å²) < 4.78 is 134. The van der Waals surface area contributed by atoms with Gasteiger partial charge < -0.3 is 51.0 Å². The topological polar surface area (TPSA) is 246 Å². The van der Waals surface area contributed by atoms with Crippen LogP contribution in [0.4, 0.5) is 50.5 Å². The Labute approximate surface area is 475 Å². The van der Waals surface area contributed by atoms with E-state index in [9.17, 15) is 55.7 Å². The highest BCUT2D eigenvalue weighted by molar-refractivity contribution is 5.87. The lowest BCUT2D eigenvalue weighted by Gasteiger charge is -2.47. The standard InChI is InChI=1S/C56H70F8N10O9/c1-52(2,80)31-66-20-19-42(65)35-22-40(57)39(41(58)23-35)27-73(71-49(77)47(70-51(79)82-8)54(5,6)56(62,63)64)28-44(75)43(68-48(76)46(69-50(78)81-7)53(3,4)55(59,60)61)21-33-12-9-32(10-13-33)11-14-34-15-18-45(67-24-34)72-25-36-16-17-37(26-72)74(36)38-29-83-30-38/h9-10,12-13,15,18-20,22-24,36-38,43-44,46-47,75,80H,16-17,21,25-31,65H2,1-8H3,(H,68,76)(H,69,78)(H,70,79)(H,71,77)/t36?,37?,43-,44-,46?,47+/m0/s1. The molecule has 3 saturated heterocycles. The van der Waals surface area contributed by atoms with Gasteiger partial charge in [-0.05, 0) is 109 Å². The number of ether oxygens (including phenoxy) is 3. The molecule has 6 atom stereocenters. The number of carbonyl (C=O) groups is 4. The Morgan fingerprint density at radius 3 is 1.83 bits per heavy atom. The van der Waals surface area contributed by atoms with E-state index in [1.165, 1.54) is 38.3 Å². The minimum Gasteiger partial charge on any atom is -0.453 e. The van der Waals surface area contributed by atoms with Gasteiger partial charge in [-0.1, -0.05) is 24.0 Å². The third-order valence-corrected chi connectivity index (χ3v) is 14.9. The van der Waals surface area contributed by atoms with Crippen LogP contribution in [0, 0.1) is 34.3 Å². The number of hydrogen-bond donors (Lipinski definition) is 7. The molecular formula is C56H70F8N10O9. The number of hydrogen-bond acceptors (Lipinski definition) is 15. The number of halogens is 8. The predicted octanol–water partition coefficient (Wildman–Crippen LogP) is 5.50. The van der Waals surface area contributed by atoms with Gasteiger partial charge in [-0.2, -0.15) is 26.3 Å². The number of pyridine rings is 1. The Morgan fingerprint density at radius 1 is 0.819 bits per heavy atom. The number of nitrogens with zero attached hydrogens (tertiary/aromatic N) is 5. The first kappa shape index (κ1) is 65.0. The van der Waals surface area contributed by atoms with Crippen molar-refractivity contribution < 1.29 is 78.7 Å². The molecule has 0 aliphatic carbocycles. The average molecular weight is 1180 g/mol. The second-order valence-corrected chi connectivity index (χ2v) is 22.4. The van der Waals surface area contributed by atoms with Crippen molar-refractivity contribution >= 4 is 41.7 Å². The van der Waals surface area contributed by atoms with Gasteiger partial charge in [0.2, 0.25) is 5.91 Å². The molecule has 0 radical (unpaired) electrons. The lowest BCUT2D eigenvalue weighted by atomic mass is 9.82. The molecular weight excluding hydrogens is 1110 g/mol. The zero-order valence-electron chi connectivity index (χ0n) is 47.1. The summed E-state index contributed by atoms with van der Waals surface area (Å²) in [6.45, 7) is 6.30. The number of methoxy groups -OCH3 is 2. The summed E-state index contributed by atoms with van der Waals surface area (Å²) in [5, 5.41) is 28.6. The van der Waals surface area contributed by atoms with Crippen LogP contribution in [0.25, 0.3) is 5.70 Å². The van der Waals surface area contributed by atoms with Crippen LogP contribution in [0.2, 0.25) is 0 Å². The molecule has 19 nitrogen and oxygen atoms in total. The summed E-state index contributed by atoms with van der Waals surface area (Å²) in [5.41, 5.74) is 0.909. The average Bonchev–Trinajstić information content (AvgIpc) is 3.37. The first-order chi connectivity index (χ1) is 38.7. The number of rotatable bonds is 21. The number of aliphatic hydroxyl groups is 2. The molecule has 3 aliphatic heterocycles. The molecule has 4 amide bonds. The van der Waals surface area contributed by atoms with Gasteiger partial charge in [0.15, 0.2) is 0 Å². The predicted molar refractivity (Wildman–Crippen MR) is 289 cm³/mol. The summed E-state index contributed by atoms with van der Waals surface area (Å²) in [6.07, 6.45) is -9.63. The summed E-state index contributed by atoms with van der Waals surface area (Å²) in [5.74, 6) is 1.07. The van der Waals surface area contributed by atoms with Crippen molar-refractivity contribution in [1.29, 1.82) is 0 Å². The van der Waals surface area contributed by atoms with E-state index in [4.69, 9.17) is 10.5 Å². The van der Waals surface area contributed by atoms with Gasteiger partial charge in [-0.15, -0.1) is 0 Å². The van der Waals surface area contributed by atoms with Crippen LogP contribution in [0.15, 0.2) is 65.8 Å². The van der Waals surface area contributed by atoms with Gasteiger partial charge in [-0.25, -0.2) is 28.4 Å². The molecule has 4 heterocycles. The molecule has 8 N–H and O–H groups in total. The molecule has 1 aromatic heterocycles. The first-order valence-corrected chi connectivity index (χ1v) is 26.4. The number of hydrazine groups is 1. The van der Waals surface area contributed by atoms with Gasteiger partial charge in [0.25, 0.3) is 5.91 Å². The van der Waals surface area contributed by atoms with Gasteiger partial charge in [-0.3, -0.25) is 24.9 Å². The Kier molecular flexibility index (Phi) is 20.9. The van der Waals surface area contributed by atoms with Crippen LogP contribution < -0.4 is 32.0 Å². The highest BCUT2D eigenvalue weighted by atomic mass is 19.4. The molecule has 454 valence electrons. The number of anilines is 1. The Hall–Kier alpha value is -7.12. The van der Waals surface area contributed by atoms with Crippen molar-refractivity contribution in [2.75, 3.05) is 58.5 Å². The SMILES string of the molecule is COC(=O)NC(C(=O)N[C@@H](Cc1ccc(C#Cc2ccc(N3CC4CCC(C3)N4C3COC3)nc2)cc1)[C@@H](O)CN(Cc1c(F)cc(C(N)=CC=NCC(C)(C)O)cc1F)NC(=O)[C@@H](NC(=O)OC)C(C)(C)C(F)(F)F)C(C)(C)C(F)(F)F. The Bertz CT molecular complexity index is 2870. The maximum atomic E-state index is 16.1. The Balaban J connectivity index is 1.32. The molecule has 83 heavy (non-hydrogen) atoms. The van der Waals surface area contributed by atoms with Crippen LogP contribution in [-0.2, 0) is 36.8 Å². The highest BCUT2D eigenvalue weighted by Gasteiger charge is 2.57. The summed E-state index contributed by atoms with van der Waals surface area (Å²) in [6, 6.07) is 6.03. The molecule has 3 fully saturated rings. The number of fused-ring (bicyclic) bond motifs is 2. The number of alkyl carbamates (subject to hydrolysis) is 2. The summed E-state index contributed by atoms with van der Waals surface area (Å²) in [4.78, 5) is 66.6. The van der Waals surface area contributed by atoms with E-state index in [1.54, 1.807) is 18.3 Å². The highest BCUT2D eigenvalue weighted by Crippen LogP contribution is 2.42. The largest absolute Gasteiger partial charge is 0.453 e. The van der Waals surface area contributed by atoms with E-state index < -0.39 is 114 Å². The maximum Gasteiger partial charge on any atom is 0.407 e. The summed E-state index contributed by atoms with van der Waals surface area (Å²) >= 11 is 0. The lowest BCUT2D eigenvalue weighted by molar-refractivity contribution is -0.221. The molecule has 0 saturated carbocycles. The van der Waals surface area contributed by atoms with E-state index in [0.29, 0.717) is 67.5 Å². The van der Waals surface area contributed by atoms with Gasteiger partial charge >= 0.3 is 24.5 Å². The molecule has 2 aromatic carbocycles. The van der Waals surface area contributed by atoms with Crippen LogP contribution >= 0.6 is 0 Å². The number of piperazine rings is 1. The van der Waals surface area contributed by atoms with Gasteiger partial charge in [0.1, 0.15) is 29.5 Å². The maximum absolute atomic E-state index is 16.1. The normalized spacial score (nSPS) is 18.8. The van der Waals surface area contributed by atoms with Crippen LogP contribution in [0.5, 0.6) is 0 Å². The second kappa shape index (κ2) is 26.6. The number of nitrogens with one attached hydrogen (secondary N) is 4. The first-order valence-electron chi connectivity index (χ1n) is 26.4. The number of aromatic nitrogens is 1. The zero-order chi connectivity index (χ0) is 61.4. The monoisotopic (exact) mass is 1180 g/mol. The van der Waals surface area contributed by atoms with E-state index in [0.717, 1.165) is 71.3 Å². The number of allylic oxidation sites excluding steroid dienone is 1. The van der Waals surface area contributed by atoms with Crippen LogP contribution in [0.3, 0.4) is 0 Å². The molecule has 6 rings (SSSR count). The third kappa shape index (κ3) is 16.6. The second-order valence-electron chi connectivity index (χ2n) is 22.4. The zero-order valence-corrected chi connectivity index (χ0v) is 47.1. The quantitative estimate of drug-likeness (QED) is 0.0302. The van der Waals surface area contributed by atoms with Crippen molar-refractivity contribution in [2.24, 2.45) is 21.6 Å². The minimum atomic E-state index is -5.21. The number of benzene rings is 2.